The lowest BCUT2D eigenvalue weighted by atomic mass is 10.1. The summed E-state index contributed by atoms with van der Waals surface area (Å²) < 4.78 is 1.76. The van der Waals surface area contributed by atoms with Gasteiger partial charge in [0, 0.05) is 24.3 Å². The van der Waals surface area contributed by atoms with Crippen LogP contribution in [0.3, 0.4) is 0 Å². The highest BCUT2D eigenvalue weighted by molar-refractivity contribution is 4.93. The molecule has 1 rings (SSSR count). The number of rotatable bonds is 4. The minimum Gasteiger partial charge on any atom is -0.315 e. The first kappa shape index (κ1) is 13.0. The largest absolute Gasteiger partial charge is 0.315 e. The lowest BCUT2D eigenvalue weighted by Crippen LogP contribution is -2.39. The maximum atomic E-state index is 11.5. The molecular formula is C13H22N2O. The van der Waals surface area contributed by atoms with Gasteiger partial charge in [-0.2, -0.15) is 0 Å². The Balaban J connectivity index is 2.49. The Morgan fingerprint density at radius 3 is 2.62 bits per heavy atom. The fraction of sp³-hybridized carbons (Fsp3) is 0.615. The standard InChI is InChI=1S/C13H22N2O/c1-11(9-14-13(2,3)4)10-15-8-6-5-7-12(15)16/h5-8,11,14H,9-10H2,1-4H3. The summed E-state index contributed by atoms with van der Waals surface area (Å²) in [5, 5.41) is 3.45. The van der Waals surface area contributed by atoms with Gasteiger partial charge in [0.2, 0.25) is 0 Å². The summed E-state index contributed by atoms with van der Waals surface area (Å²) in [7, 11) is 0. The molecule has 3 heteroatoms. The Kier molecular flexibility index (Phi) is 4.30. The molecule has 1 heterocycles. The van der Waals surface area contributed by atoms with E-state index in [0.29, 0.717) is 5.92 Å². The van der Waals surface area contributed by atoms with Gasteiger partial charge < -0.3 is 9.88 Å². The molecule has 16 heavy (non-hydrogen) atoms. The second-order valence-corrected chi connectivity index (χ2v) is 5.43. The van der Waals surface area contributed by atoms with Crippen molar-refractivity contribution in [1.29, 1.82) is 0 Å². The van der Waals surface area contributed by atoms with Crippen LogP contribution in [0.4, 0.5) is 0 Å². The van der Waals surface area contributed by atoms with Crippen LogP contribution in [0.2, 0.25) is 0 Å². The van der Waals surface area contributed by atoms with Gasteiger partial charge in [-0.15, -0.1) is 0 Å². The van der Waals surface area contributed by atoms with E-state index in [4.69, 9.17) is 0 Å². The molecule has 0 bridgehead atoms. The van der Waals surface area contributed by atoms with Crippen LogP contribution in [0.1, 0.15) is 27.7 Å². The molecule has 1 N–H and O–H groups in total. The van der Waals surface area contributed by atoms with Crippen molar-refractivity contribution in [3.63, 3.8) is 0 Å². The number of hydrogen-bond donors (Lipinski definition) is 1. The first-order valence-corrected chi connectivity index (χ1v) is 5.79. The molecular weight excluding hydrogens is 200 g/mol. The van der Waals surface area contributed by atoms with E-state index in [0.717, 1.165) is 13.1 Å². The van der Waals surface area contributed by atoms with Crippen molar-refractivity contribution in [3.8, 4) is 0 Å². The molecule has 0 aliphatic carbocycles. The van der Waals surface area contributed by atoms with E-state index < -0.39 is 0 Å². The number of aromatic nitrogens is 1. The van der Waals surface area contributed by atoms with E-state index in [1.807, 2.05) is 12.3 Å². The predicted octanol–water partition coefficient (Wildman–Crippen LogP) is 1.87. The lowest BCUT2D eigenvalue weighted by Gasteiger charge is -2.23. The third-order valence-corrected chi connectivity index (χ3v) is 2.39. The molecule has 0 aliphatic rings. The normalized spacial score (nSPS) is 13.8. The monoisotopic (exact) mass is 222 g/mol. The zero-order chi connectivity index (χ0) is 12.2. The van der Waals surface area contributed by atoms with Crippen LogP contribution < -0.4 is 10.9 Å². The van der Waals surface area contributed by atoms with Crippen LogP contribution in [-0.4, -0.2) is 16.7 Å². The Bertz CT molecular complexity index is 376. The number of nitrogens with one attached hydrogen (secondary N) is 1. The highest BCUT2D eigenvalue weighted by Crippen LogP contribution is 2.02. The molecule has 0 amide bonds. The average molecular weight is 222 g/mol. The Hall–Kier alpha value is -1.09. The van der Waals surface area contributed by atoms with Crippen molar-refractivity contribution in [2.75, 3.05) is 6.54 Å². The summed E-state index contributed by atoms with van der Waals surface area (Å²) in [4.78, 5) is 11.5. The molecule has 1 aromatic heterocycles. The van der Waals surface area contributed by atoms with Crippen LogP contribution in [-0.2, 0) is 6.54 Å². The molecule has 1 aromatic rings. The van der Waals surface area contributed by atoms with Gasteiger partial charge in [-0.25, -0.2) is 0 Å². The maximum Gasteiger partial charge on any atom is 0.250 e. The first-order chi connectivity index (χ1) is 7.38. The van der Waals surface area contributed by atoms with E-state index >= 15 is 0 Å². The molecule has 1 unspecified atom stereocenters. The van der Waals surface area contributed by atoms with Gasteiger partial charge >= 0.3 is 0 Å². The molecule has 0 aliphatic heterocycles. The summed E-state index contributed by atoms with van der Waals surface area (Å²) in [6.45, 7) is 10.3. The molecule has 90 valence electrons. The van der Waals surface area contributed by atoms with Crippen LogP contribution in [0.5, 0.6) is 0 Å². The highest BCUT2D eigenvalue weighted by atomic mass is 16.1. The smallest absolute Gasteiger partial charge is 0.250 e. The van der Waals surface area contributed by atoms with E-state index in [-0.39, 0.29) is 11.1 Å². The lowest BCUT2D eigenvalue weighted by molar-refractivity contribution is 0.358. The van der Waals surface area contributed by atoms with Gasteiger partial charge in [-0.1, -0.05) is 13.0 Å². The minimum atomic E-state index is 0.0742. The van der Waals surface area contributed by atoms with Crippen LogP contribution in [0, 0.1) is 5.92 Å². The van der Waals surface area contributed by atoms with Gasteiger partial charge in [0.25, 0.3) is 5.56 Å². The third-order valence-electron chi connectivity index (χ3n) is 2.39. The molecule has 3 nitrogen and oxygen atoms in total. The van der Waals surface area contributed by atoms with Crippen LogP contribution >= 0.6 is 0 Å². The van der Waals surface area contributed by atoms with Gasteiger partial charge in [0.05, 0.1) is 0 Å². The van der Waals surface area contributed by atoms with Crippen LogP contribution in [0.25, 0.3) is 0 Å². The van der Waals surface area contributed by atoms with Crippen molar-refractivity contribution >= 4 is 0 Å². The highest BCUT2D eigenvalue weighted by Gasteiger charge is 2.11. The molecule has 0 aromatic carbocycles. The summed E-state index contributed by atoms with van der Waals surface area (Å²) in [6, 6.07) is 5.27. The predicted molar refractivity (Wildman–Crippen MR) is 67.6 cm³/mol. The molecule has 1 atom stereocenters. The van der Waals surface area contributed by atoms with E-state index in [1.54, 1.807) is 16.7 Å². The second-order valence-electron chi connectivity index (χ2n) is 5.43. The van der Waals surface area contributed by atoms with E-state index in [2.05, 4.69) is 33.0 Å². The fourth-order valence-corrected chi connectivity index (χ4v) is 1.49. The molecule has 0 radical (unpaired) electrons. The summed E-state index contributed by atoms with van der Waals surface area (Å²) in [6.07, 6.45) is 1.84. The summed E-state index contributed by atoms with van der Waals surface area (Å²) in [5.74, 6) is 0.444. The quantitative estimate of drug-likeness (QED) is 0.844. The maximum absolute atomic E-state index is 11.5. The number of hydrogen-bond acceptors (Lipinski definition) is 2. The van der Waals surface area contributed by atoms with Gasteiger partial charge in [0.15, 0.2) is 0 Å². The van der Waals surface area contributed by atoms with Crippen molar-refractivity contribution in [3.05, 3.63) is 34.7 Å². The summed E-state index contributed by atoms with van der Waals surface area (Å²) >= 11 is 0. The second kappa shape index (κ2) is 5.30. The molecule has 0 spiro atoms. The average Bonchev–Trinajstić information content (AvgIpc) is 2.18. The zero-order valence-corrected chi connectivity index (χ0v) is 10.7. The Morgan fingerprint density at radius 2 is 2.06 bits per heavy atom. The van der Waals surface area contributed by atoms with Crippen molar-refractivity contribution in [2.24, 2.45) is 5.92 Å². The Labute approximate surface area is 97.5 Å². The van der Waals surface area contributed by atoms with E-state index in [9.17, 15) is 4.79 Å². The SMILES string of the molecule is CC(CNC(C)(C)C)Cn1ccccc1=O. The number of pyridine rings is 1. The van der Waals surface area contributed by atoms with E-state index in [1.165, 1.54) is 0 Å². The summed E-state index contributed by atoms with van der Waals surface area (Å²) in [5.41, 5.74) is 0.209. The minimum absolute atomic E-state index is 0.0742. The van der Waals surface area contributed by atoms with Crippen molar-refractivity contribution in [1.82, 2.24) is 9.88 Å². The fourth-order valence-electron chi connectivity index (χ4n) is 1.49. The van der Waals surface area contributed by atoms with Crippen LogP contribution in [0.15, 0.2) is 29.2 Å². The van der Waals surface area contributed by atoms with Gasteiger partial charge in [0.1, 0.15) is 0 Å². The third kappa shape index (κ3) is 4.62. The topological polar surface area (TPSA) is 34.0 Å². The van der Waals surface area contributed by atoms with Gasteiger partial charge in [-0.05, 0) is 39.3 Å². The van der Waals surface area contributed by atoms with Crippen molar-refractivity contribution in [2.45, 2.75) is 39.8 Å². The zero-order valence-electron chi connectivity index (χ0n) is 10.7. The Morgan fingerprint density at radius 1 is 1.38 bits per heavy atom. The first-order valence-electron chi connectivity index (χ1n) is 5.79. The van der Waals surface area contributed by atoms with Gasteiger partial charge in [-0.3, -0.25) is 4.79 Å². The molecule has 0 saturated carbocycles. The number of nitrogens with zero attached hydrogens (tertiary/aromatic N) is 1. The molecule has 0 fully saturated rings. The van der Waals surface area contributed by atoms with Crippen molar-refractivity contribution < 1.29 is 0 Å². The molecule has 0 saturated heterocycles.